The van der Waals surface area contributed by atoms with Crippen LogP contribution in [0.15, 0.2) is 0 Å². The molecule has 0 fully saturated rings. The van der Waals surface area contributed by atoms with Crippen LogP contribution in [0.4, 0.5) is 9.59 Å². The molecule has 0 heterocycles. The largest absolute Gasteiger partial charge is 0.365 e. The number of urea groups is 2. The van der Waals surface area contributed by atoms with E-state index in [0.29, 0.717) is 5.12 Å². The lowest BCUT2D eigenvalue weighted by atomic mass is 11.0. The number of carbonyl (C=O) groups is 2. The van der Waals surface area contributed by atoms with Crippen LogP contribution in [0, 0.1) is 0 Å². The summed E-state index contributed by atoms with van der Waals surface area (Å²) in [6, 6.07) is -1.83. The van der Waals surface area contributed by atoms with Gasteiger partial charge in [0.25, 0.3) is 0 Å². The third kappa shape index (κ3) is 2.69. The van der Waals surface area contributed by atoms with E-state index in [1.54, 1.807) is 10.9 Å². The molecule has 0 aromatic heterocycles. The van der Waals surface area contributed by atoms with Crippen molar-refractivity contribution in [2.24, 2.45) is 17.4 Å². The van der Waals surface area contributed by atoms with Crippen LogP contribution >= 0.6 is 0 Å². The van der Waals surface area contributed by atoms with Gasteiger partial charge in [0, 0.05) is 0 Å². The molecule has 8 N–H and O–H groups in total. The van der Waals surface area contributed by atoms with Crippen LogP contribution in [-0.4, -0.2) is 17.2 Å². The molecular formula is C2H8N6O2. The smallest absolute Gasteiger partial charge is 0.350 e. The fourth-order valence-corrected chi connectivity index (χ4v) is 0.239. The maximum absolute atomic E-state index is 10.3. The van der Waals surface area contributed by atoms with Gasteiger partial charge in [0.1, 0.15) is 0 Å². The van der Waals surface area contributed by atoms with Gasteiger partial charge in [-0.05, 0) is 0 Å². The van der Waals surface area contributed by atoms with Crippen LogP contribution in [0.1, 0.15) is 0 Å². The van der Waals surface area contributed by atoms with E-state index in [2.05, 4.69) is 11.6 Å². The summed E-state index contributed by atoms with van der Waals surface area (Å²) >= 11 is 0. The van der Waals surface area contributed by atoms with E-state index in [0.717, 1.165) is 0 Å². The number of rotatable bonds is 0. The van der Waals surface area contributed by atoms with Gasteiger partial charge in [-0.25, -0.2) is 26.7 Å². The molecule has 0 aromatic rings. The van der Waals surface area contributed by atoms with Crippen molar-refractivity contribution in [2.75, 3.05) is 0 Å². The molecule has 0 atom stereocenters. The number of nitrogens with two attached hydrogens (primary N) is 3. The summed E-state index contributed by atoms with van der Waals surface area (Å²) in [7, 11) is 0. The first-order chi connectivity index (χ1) is 4.57. The van der Waals surface area contributed by atoms with E-state index >= 15 is 0 Å². The van der Waals surface area contributed by atoms with E-state index in [9.17, 15) is 9.59 Å². The minimum absolute atomic E-state index is 0.322. The highest BCUT2D eigenvalue weighted by molar-refractivity contribution is 5.78. The molecule has 0 saturated carbocycles. The molecule has 0 aliphatic carbocycles. The summed E-state index contributed by atoms with van der Waals surface area (Å²) in [5, 5.41) is 0.322. The Labute approximate surface area is 56.2 Å². The molecule has 0 saturated heterocycles. The zero-order valence-electron chi connectivity index (χ0n) is 5.00. The Kier molecular flexibility index (Phi) is 2.94. The van der Waals surface area contributed by atoms with Gasteiger partial charge in [0.2, 0.25) is 0 Å². The number of nitrogens with zero attached hydrogens (tertiary/aromatic N) is 1. The van der Waals surface area contributed by atoms with Crippen molar-refractivity contribution in [3.63, 3.8) is 0 Å². The molecule has 0 aliphatic rings. The standard InChI is InChI=1S/C2H8N6O2/c3-1(9)7-8(5)2(10)6-4/h4-5H2,(H,6,10)(H3,3,7,9). The fourth-order valence-electron chi connectivity index (χ4n) is 0.239. The lowest BCUT2D eigenvalue weighted by molar-refractivity contribution is 0.171. The number of amides is 4. The van der Waals surface area contributed by atoms with Crippen LogP contribution in [0.25, 0.3) is 0 Å². The zero-order valence-corrected chi connectivity index (χ0v) is 5.00. The van der Waals surface area contributed by atoms with Crippen molar-refractivity contribution in [3.8, 4) is 0 Å². The number of carbonyl (C=O) groups excluding carboxylic acids is 2. The Balaban J connectivity index is 3.72. The predicted octanol–water partition coefficient (Wildman–Crippen LogP) is -2.67. The van der Waals surface area contributed by atoms with Crippen LogP contribution in [0.5, 0.6) is 0 Å². The third-order valence-electron chi connectivity index (χ3n) is 0.573. The van der Waals surface area contributed by atoms with E-state index in [4.69, 9.17) is 5.84 Å². The number of hydrogen-bond acceptors (Lipinski definition) is 4. The van der Waals surface area contributed by atoms with Gasteiger partial charge in [-0.15, -0.1) is 0 Å². The lowest BCUT2D eigenvalue weighted by Crippen LogP contribution is -2.57. The highest BCUT2D eigenvalue weighted by Gasteiger charge is 2.06. The van der Waals surface area contributed by atoms with Crippen molar-refractivity contribution >= 4 is 12.1 Å². The van der Waals surface area contributed by atoms with E-state index < -0.39 is 12.1 Å². The number of hydrogen-bond donors (Lipinski definition) is 5. The molecule has 0 spiro atoms. The van der Waals surface area contributed by atoms with Gasteiger partial charge in [-0.2, -0.15) is 5.12 Å². The average molecular weight is 148 g/mol. The average Bonchev–Trinajstić information content (AvgIpc) is 1.85. The van der Waals surface area contributed by atoms with Gasteiger partial charge in [0.15, 0.2) is 0 Å². The minimum atomic E-state index is -0.953. The van der Waals surface area contributed by atoms with Crippen LogP contribution in [-0.2, 0) is 0 Å². The summed E-state index contributed by atoms with van der Waals surface area (Å²) < 4.78 is 0. The van der Waals surface area contributed by atoms with E-state index in [1.165, 1.54) is 0 Å². The van der Waals surface area contributed by atoms with Gasteiger partial charge in [0.05, 0.1) is 0 Å². The molecule has 0 aromatic carbocycles. The molecule has 0 unspecified atom stereocenters. The van der Waals surface area contributed by atoms with Crippen molar-refractivity contribution in [2.45, 2.75) is 0 Å². The normalized spacial score (nSPS) is 8.20. The second kappa shape index (κ2) is 3.48. The molecule has 0 radical (unpaired) electrons. The SMILES string of the molecule is NNC(=O)N(N)NC(N)=O. The lowest BCUT2D eigenvalue weighted by Gasteiger charge is -2.13. The van der Waals surface area contributed by atoms with Crippen LogP contribution in [0.2, 0.25) is 0 Å². The number of hydrazine groups is 3. The van der Waals surface area contributed by atoms with Gasteiger partial charge >= 0.3 is 12.1 Å². The Morgan fingerprint density at radius 2 is 1.90 bits per heavy atom. The van der Waals surface area contributed by atoms with Gasteiger partial charge in [-0.3, -0.25) is 5.43 Å². The minimum Gasteiger partial charge on any atom is -0.350 e. The number of nitrogens with one attached hydrogen (secondary N) is 2. The Morgan fingerprint density at radius 3 is 2.20 bits per heavy atom. The molecular weight excluding hydrogens is 140 g/mol. The zero-order chi connectivity index (χ0) is 8.15. The second-order valence-corrected chi connectivity index (χ2v) is 1.30. The van der Waals surface area contributed by atoms with Gasteiger partial charge < -0.3 is 5.73 Å². The van der Waals surface area contributed by atoms with Gasteiger partial charge in [-0.1, -0.05) is 0 Å². The Bertz CT molecular complexity index is 145. The quantitative estimate of drug-likeness (QED) is 0.145. The summed E-state index contributed by atoms with van der Waals surface area (Å²) in [4.78, 5) is 20.3. The summed E-state index contributed by atoms with van der Waals surface area (Å²) in [6.45, 7) is 0. The number of primary amides is 1. The first-order valence-electron chi connectivity index (χ1n) is 2.19. The monoisotopic (exact) mass is 148 g/mol. The van der Waals surface area contributed by atoms with Crippen molar-refractivity contribution in [3.05, 3.63) is 0 Å². The fraction of sp³-hybridized carbons (Fsp3) is 0. The molecule has 0 aliphatic heterocycles. The summed E-state index contributed by atoms with van der Waals surface area (Å²) in [5.74, 6) is 9.49. The van der Waals surface area contributed by atoms with E-state index in [-0.39, 0.29) is 0 Å². The summed E-state index contributed by atoms with van der Waals surface area (Å²) in [6.07, 6.45) is 0. The Hall–Kier alpha value is -1.54. The van der Waals surface area contributed by atoms with Crippen molar-refractivity contribution < 1.29 is 9.59 Å². The maximum Gasteiger partial charge on any atom is 0.365 e. The first kappa shape index (κ1) is 8.46. The van der Waals surface area contributed by atoms with Crippen molar-refractivity contribution in [1.29, 1.82) is 0 Å². The van der Waals surface area contributed by atoms with Crippen LogP contribution < -0.4 is 28.3 Å². The molecule has 0 rings (SSSR count). The molecule has 58 valence electrons. The third-order valence-corrected chi connectivity index (χ3v) is 0.573. The summed E-state index contributed by atoms with van der Waals surface area (Å²) in [5.41, 5.74) is 8.01. The second-order valence-electron chi connectivity index (χ2n) is 1.30. The highest BCUT2D eigenvalue weighted by Crippen LogP contribution is 1.68. The van der Waals surface area contributed by atoms with Crippen molar-refractivity contribution in [1.82, 2.24) is 16.0 Å². The maximum atomic E-state index is 10.3. The molecule has 10 heavy (non-hydrogen) atoms. The highest BCUT2D eigenvalue weighted by atomic mass is 16.2. The topological polar surface area (TPSA) is 140 Å². The van der Waals surface area contributed by atoms with E-state index in [1.807, 2.05) is 0 Å². The molecule has 4 amide bonds. The molecule has 8 nitrogen and oxygen atoms in total. The predicted molar refractivity (Wildman–Crippen MR) is 31.5 cm³/mol. The molecule has 0 bridgehead atoms. The van der Waals surface area contributed by atoms with Crippen LogP contribution in [0.3, 0.4) is 0 Å². The first-order valence-corrected chi connectivity index (χ1v) is 2.19. The molecule has 8 heteroatoms. The Morgan fingerprint density at radius 1 is 1.40 bits per heavy atom.